The fourth-order valence-corrected chi connectivity index (χ4v) is 4.09. The maximum Gasteiger partial charge on any atom is 0.274 e. The third kappa shape index (κ3) is 4.79. The largest absolute Gasteiger partial charge is 0.493 e. The molecule has 1 aliphatic rings. The Hall–Kier alpha value is -4.10. The smallest absolute Gasteiger partial charge is 0.274 e. The zero-order valence-electron chi connectivity index (χ0n) is 19.1. The topological polar surface area (TPSA) is 88.1 Å². The number of nitrogens with zero attached hydrogens (tertiary/aromatic N) is 1. The Morgan fingerprint density at radius 1 is 0.912 bits per heavy atom. The first-order chi connectivity index (χ1) is 16.5. The minimum absolute atomic E-state index is 0.126. The predicted molar refractivity (Wildman–Crippen MR) is 129 cm³/mol. The molecule has 174 valence electrons. The third-order valence-electron chi connectivity index (χ3n) is 5.91. The number of methoxy groups -OCH3 is 2. The van der Waals surface area contributed by atoms with Crippen LogP contribution in [0.2, 0.25) is 0 Å². The van der Waals surface area contributed by atoms with Gasteiger partial charge in [0.2, 0.25) is 0 Å². The molecule has 7 nitrogen and oxygen atoms in total. The van der Waals surface area contributed by atoms with Gasteiger partial charge < -0.3 is 14.4 Å². The minimum atomic E-state index is -0.582. The Labute approximate surface area is 198 Å². The molecule has 34 heavy (non-hydrogen) atoms. The van der Waals surface area contributed by atoms with E-state index in [1.807, 2.05) is 48.5 Å². The quantitative estimate of drug-likeness (QED) is 0.253. The summed E-state index contributed by atoms with van der Waals surface area (Å²) < 4.78 is 10.8. The number of hydroxylamine groups is 1. The van der Waals surface area contributed by atoms with Gasteiger partial charge in [-0.05, 0) is 59.0 Å². The second-order valence-electron chi connectivity index (χ2n) is 7.94. The van der Waals surface area contributed by atoms with Gasteiger partial charge in [-0.2, -0.15) is 0 Å². The summed E-state index contributed by atoms with van der Waals surface area (Å²) in [6, 6.07) is 20.4. The summed E-state index contributed by atoms with van der Waals surface area (Å²) in [6.45, 7) is 0.914. The molecule has 3 aromatic carbocycles. The van der Waals surface area contributed by atoms with Crippen LogP contribution in [0.3, 0.4) is 0 Å². The van der Waals surface area contributed by atoms with Crippen LogP contribution in [-0.4, -0.2) is 42.7 Å². The van der Waals surface area contributed by atoms with Gasteiger partial charge in [-0.3, -0.25) is 14.8 Å². The SMILES string of the molecule is COc1ccc(C(=Cc2ccccc2)C(=O)N2CCc3ccc(C(=O)NO)cc3C2)cc1OC. The lowest BCUT2D eigenvalue weighted by Crippen LogP contribution is -2.36. The minimum Gasteiger partial charge on any atom is -0.493 e. The summed E-state index contributed by atoms with van der Waals surface area (Å²) >= 11 is 0. The molecule has 0 bridgehead atoms. The number of hydrogen-bond donors (Lipinski definition) is 2. The van der Waals surface area contributed by atoms with Gasteiger partial charge in [0.15, 0.2) is 11.5 Å². The number of carbonyl (C=O) groups excluding carboxylic acids is 2. The summed E-state index contributed by atoms with van der Waals surface area (Å²) in [5.41, 5.74) is 6.11. The molecule has 4 rings (SSSR count). The van der Waals surface area contributed by atoms with E-state index in [1.165, 1.54) is 0 Å². The van der Waals surface area contributed by atoms with E-state index >= 15 is 0 Å². The zero-order valence-corrected chi connectivity index (χ0v) is 19.1. The van der Waals surface area contributed by atoms with Crippen molar-refractivity contribution in [1.29, 1.82) is 0 Å². The van der Waals surface area contributed by atoms with Crippen molar-refractivity contribution in [3.05, 3.63) is 94.5 Å². The molecule has 0 unspecified atom stereocenters. The van der Waals surface area contributed by atoms with Crippen molar-refractivity contribution in [3.63, 3.8) is 0 Å². The Balaban J connectivity index is 1.71. The van der Waals surface area contributed by atoms with E-state index in [9.17, 15) is 9.59 Å². The van der Waals surface area contributed by atoms with Gasteiger partial charge in [-0.1, -0.05) is 42.5 Å². The molecule has 0 aliphatic carbocycles. The van der Waals surface area contributed by atoms with Gasteiger partial charge in [0, 0.05) is 24.2 Å². The number of carbonyl (C=O) groups is 2. The van der Waals surface area contributed by atoms with Gasteiger partial charge in [0.05, 0.1) is 14.2 Å². The van der Waals surface area contributed by atoms with Crippen LogP contribution in [0.4, 0.5) is 0 Å². The van der Waals surface area contributed by atoms with Gasteiger partial charge in [0.25, 0.3) is 11.8 Å². The zero-order chi connectivity index (χ0) is 24.1. The molecule has 0 radical (unpaired) electrons. The lowest BCUT2D eigenvalue weighted by molar-refractivity contribution is -0.125. The predicted octanol–water partition coefficient (Wildman–Crippen LogP) is 3.95. The lowest BCUT2D eigenvalue weighted by atomic mass is 9.95. The highest BCUT2D eigenvalue weighted by Crippen LogP contribution is 2.33. The molecule has 2 N–H and O–H groups in total. The third-order valence-corrected chi connectivity index (χ3v) is 5.91. The number of nitrogens with one attached hydrogen (secondary N) is 1. The first kappa shape index (κ1) is 23.1. The number of benzene rings is 3. The number of fused-ring (bicyclic) bond motifs is 1. The standard InChI is InChI=1S/C27H26N2O5/c1-33-24-11-10-20(16-25(24)34-2)23(14-18-6-4-3-5-7-18)27(31)29-13-12-19-8-9-21(26(30)28-32)15-22(19)17-29/h3-11,14-16,32H,12-13,17H2,1-2H3,(H,28,30). The van der Waals surface area contributed by atoms with E-state index < -0.39 is 5.91 Å². The molecule has 1 aliphatic heterocycles. The molecule has 3 aromatic rings. The van der Waals surface area contributed by atoms with E-state index in [4.69, 9.17) is 14.7 Å². The van der Waals surface area contributed by atoms with Crippen LogP contribution in [0.5, 0.6) is 11.5 Å². The van der Waals surface area contributed by atoms with E-state index in [2.05, 4.69) is 0 Å². The van der Waals surface area contributed by atoms with Crippen molar-refractivity contribution in [2.45, 2.75) is 13.0 Å². The molecular formula is C27H26N2O5. The Morgan fingerprint density at radius 2 is 1.65 bits per heavy atom. The average molecular weight is 459 g/mol. The number of ether oxygens (including phenoxy) is 2. The van der Waals surface area contributed by atoms with Crippen molar-refractivity contribution in [3.8, 4) is 11.5 Å². The Morgan fingerprint density at radius 3 is 2.35 bits per heavy atom. The normalized spacial score (nSPS) is 13.1. The fourth-order valence-electron chi connectivity index (χ4n) is 4.09. The Bertz CT molecular complexity index is 1240. The van der Waals surface area contributed by atoms with Crippen LogP contribution >= 0.6 is 0 Å². The summed E-state index contributed by atoms with van der Waals surface area (Å²) in [4.78, 5) is 27.4. The summed E-state index contributed by atoms with van der Waals surface area (Å²) in [5.74, 6) is 0.412. The molecule has 0 spiro atoms. The molecule has 0 aromatic heterocycles. The lowest BCUT2D eigenvalue weighted by Gasteiger charge is -2.30. The van der Waals surface area contributed by atoms with Crippen LogP contribution in [0.25, 0.3) is 11.6 Å². The van der Waals surface area contributed by atoms with Gasteiger partial charge in [-0.25, -0.2) is 5.48 Å². The monoisotopic (exact) mass is 458 g/mol. The second-order valence-corrected chi connectivity index (χ2v) is 7.94. The van der Waals surface area contributed by atoms with Crippen molar-refractivity contribution >= 4 is 23.5 Å². The van der Waals surface area contributed by atoms with Crippen molar-refractivity contribution in [2.24, 2.45) is 0 Å². The average Bonchev–Trinajstić information content (AvgIpc) is 2.90. The molecule has 0 saturated carbocycles. The molecule has 0 atom stereocenters. The first-order valence-electron chi connectivity index (χ1n) is 10.9. The summed E-state index contributed by atoms with van der Waals surface area (Å²) in [5, 5.41) is 8.96. The van der Waals surface area contributed by atoms with Crippen LogP contribution in [0.15, 0.2) is 66.7 Å². The van der Waals surface area contributed by atoms with E-state index in [0.717, 1.165) is 16.7 Å². The van der Waals surface area contributed by atoms with Crippen molar-refractivity contribution in [1.82, 2.24) is 10.4 Å². The van der Waals surface area contributed by atoms with Crippen LogP contribution in [-0.2, 0) is 17.8 Å². The highest BCUT2D eigenvalue weighted by Gasteiger charge is 2.25. The van der Waals surface area contributed by atoms with E-state index in [-0.39, 0.29) is 5.91 Å². The molecule has 0 saturated heterocycles. The maximum atomic E-state index is 13.8. The summed E-state index contributed by atoms with van der Waals surface area (Å²) in [6.07, 6.45) is 2.54. The Kier molecular flexibility index (Phi) is 6.94. The molecular weight excluding hydrogens is 432 g/mol. The number of amides is 2. The van der Waals surface area contributed by atoms with Gasteiger partial charge in [0.1, 0.15) is 0 Å². The van der Waals surface area contributed by atoms with E-state index in [1.54, 1.807) is 48.9 Å². The van der Waals surface area contributed by atoms with Crippen LogP contribution < -0.4 is 15.0 Å². The highest BCUT2D eigenvalue weighted by atomic mass is 16.5. The highest BCUT2D eigenvalue weighted by molar-refractivity contribution is 6.24. The first-order valence-corrected chi connectivity index (χ1v) is 10.9. The van der Waals surface area contributed by atoms with Crippen molar-refractivity contribution < 1.29 is 24.3 Å². The molecule has 7 heteroatoms. The number of hydrogen-bond acceptors (Lipinski definition) is 5. The molecule has 1 heterocycles. The van der Waals surface area contributed by atoms with Gasteiger partial charge in [-0.15, -0.1) is 0 Å². The van der Waals surface area contributed by atoms with Crippen LogP contribution in [0.1, 0.15) is 32.6 Å². The summed E-state index contributed by atoms with van der Waals surface area (Å²) in [7, 11) is 3.13. The molecule has 0 fully saturated rings. The van der Waals surface area contributed by atoms with Crippen LogP contribution in [0, 0.1) is 0 Å². The fraction of sp³-hybridized carbons (Fsp3) is 0.185. The number of rotatable bonds is 6. The maximum absolute atomic E-state index is 13.8. The molecule has 2 amide bonds. The van der Waals surface area contributed by atoms with E-state index in [0.29, 0.717) is 47.7 Å². The second kappa shape index (κ2) is 10.2. The van der Waals surface area contributed by atoms with Gasteiger partial charge >= 0.3 is 0 Å². The van der Waals surface area contributed by atoms with Crippen molar-refractivity contribution in [2.75, 3.05) is 20.8 Å².